The number of ether oxygens (including phenoxy) is 2. The van der Waals surface area contributed by atoms with Crippen molar-refractivity contribution in [2.45, 2.75) is 176 Å². The van der Waals surface area contributed by atoms with Crippen LogP contribution in [0.2, 0.25) is 0 Å². The first kappa shape index (κ1) is 39.9. The lowest BCUT2D eigenvalue weighted by atomic mass is 9.32. The number of hydrogen-bond acceptors (Lipinski definition) is 6. The van der Waals surface area contributed by atoms with Crippen LogP contribution in [0.5, 0.6) is 0 Å². The van der Waals surface area contributed by atoms with Gasteiger partial charge in [0.2, 0.25) is 0 Å². The highest BCUT2D eigenvalue weighted by molar-refractivity contribution is 5.82. The SMILES string of the molecule is CC(C)(N)CN[C@]12CC[C@@H](C3(C)CC3)[C@@H]1[C@H]1CC[C@@H]3[C@@]4(C)CC[C@H](OC(=O)[C@H]5C[C@@H](C(=O)OCc6ccccc6)C5(C)C)C(C)(C)[C@@H]4CC[C@@]3(C)[C@]1(C)CC2. The summed E-state index contributed by atoms with van der Waals surface area (Å²) in [7, 11) is 0. The highest BCUT2D eigenvalue weighted by atomic mass is 16.5. The molecule has 0 spiro atoms. The van der Waals surface area contributed by atoms with Gasteiger partial charge in [-0.05, 0) is 160 Å². The minimum atomic E-state index is -0.484. The Morgan fingerprint density at radius 1 is 0.727 bits per heavy atom. The maximum absolute atomic E-state index is 14.0. The maximum Gasteiger partial charge on any atom is 0.309 e. The summed E-state index contributed by atoms with van der Waals surface area (Å²) in [5, 5.41) is 4.24. The fourth-order valence-corrected chi connectivity index (χ4v) is 15.6. The Morgan fingerprint density at radius 3 is 2.07 bits per heavy atom. The third-order valence-corrected chi connectivity index (χ3v) is 19.5. The first-order valence-electron chi connectivity index (χ1n) is 22.6. The molecule has 1 aromatic rings. The number of hydrogen-bond donors (Lipinski definition) is 2. The topological polar surface area (TPSA) is 90.6 Å². The molecule has 12 atom stereocenters. The largest absolute Gasteiger partial charge is 0.462 e. The molecule has 7 fully saturated rings. The van der Waals surface area contributed by atoms with E-state index in [1.807, 2.05) is 44.2 Å². The van der Waals surface area contributed by atoms with E-state index < -0.39 is 5.41 Å². The number of nitrogens with one attached hydrogen (secondary N) is 1. The van der Waals surface area contributed by atoms with E-state index in [1.54, 1.807) is 0 Å². The number of carbonyl (C=O) groups is 2. The molecule has 0 radical (unpaired) electrons. The van der Waals surface area contributed by atoms with Crippen LogP contribution in [0.4, 0.5) is 0 Å². The Kier molecular flexibility index (Phi) is 9.46. The fourth-order valence-electron chi connectivity index (χ4n) is 15.6. The van der Waals surface area contributed by atoms with Gasteiger partial charge >= 0.3 is 11.9 Å². The maximum atomic E-state index is 14.0. The lowest BCUT2D eigenvalue weighted by Crippen LogP contribution is -2.69. The molecule has 0 amide bonds. The van der Waals surface area contributed by atoms with Gasteiger partial charge in [-0.15, -0.1) is 0 Å². The fraction of sp³-hybridized carbons (Fsp3) is 0.837. The molecule has 0 aromatic heterocycles. The molecule has 6 heteroatoms. The predicted molar refractivity (Wildman–Crippen MR) is 220 cm³/mol. The van der Waals surface area contributed by atoms with Crippen molar-refractivity contribution in [1.29, 1.82) is 0 Å². The minimum Gasteiger partial charge on any atom is -0.462 e. The summed E-state index contributed by atoms with van der Waals surface area (Å²) in [6.07, 6.45) is 15.8. The molecule has 7 aliphatic rings. The molecule has 8 rings (SSSR count). The van der Waals surface area contributed by atoms with Crippen LogP contribution < -0.4 is 11.1 Å². The summed E-state index contributed by atoms with van der Waals surface area (Å²) in [4.78, 5) is 27.1. The van der Waals surface area contributed by atoms with Crippen LogP contribution in [0.3, 0.4) is 0 Å². The van der Waals surface area contributed by atoms with Gasteiger partial charge in [0.1, 0.15) is 12.7 Å². The number of esters is 2. The van der Waals surface area contributed by atoms with E-state index in [1.165, 1.54) is 64.2 Å². The third kappa shape index (κ3) is 6.12. The molecule has 0 aliphatic heterocycles. The van der Waals surface area contributed by atoms with Crippen LogP contribution in [-0.2, 0) is 25.7 Å². The van der Waals surface area contributed by atoms with Gasteiger partial charge in [-0.2, -0.15) is 0 Å². The van der Waals surface area contributed by atoms with Crippen LogP contribution in [-0.4, -0.2) is 35.7 Å². The zero-order chi connectivity index (χ0) is 39.6. The lowest BCUT2D eigenvalue weighted by molar-refractivity contribution is -0.250. The van der Waals surface area contributed by atoms with E-state index in [-0.39, 0.29) is 58.4 Å². The first-order chi connectivity index (χ1) is 25.6. The predicted octanol–water partition coefficient (Wildman–Crippen LogP) is 10.3. The van der Waals surface area contributed by atoms with Gasteiger partial charge in [0, 0.05) is 23.0 Å². The quantitative estimate of drug-likeness (QED) is 0.244. The molecule has 1 aromatic carbocycles. The van der Waals surface area contributed by atoms with Gasteiger partial charge in [-0.1, -0.05) is 85.7 Å². The van der Waals surface area contributed by atoms with Crippen molar-refractivity contribution in [3.05, 3.63) is 35.9 Å². The molecule has 55 heavy (non-hydrogen) atoms. The van der Waals surface area contributed by atoms with Gasteiger partial charge in [0.15, 0.2) is 0 Å². The molecule has 3 N–H and O–H groups in total. The number of benzene rings is 1. The summed E-state index contributed by atoms with van der Waals surface area (Å²) in [5.41, 5.74) is 8.45. The van der Waals surface area contributed by atoms with E-state index in [2.05, 4.69) is 60.7 Å². The highest BCUT2D eigenvalue weighted by Crippen LogP contribution is 2.78. The molecule has 7 aliphatic carbocycles. The standard InChI is InChI=1S/C49H76N2O4/c1-42(2,50)30-51-49-23-18-32(45(7)24-25-45)39(49)33-16-17-37-46(8)21-20-38(44(5,6)36(46)19-22-48(37,10)47(33,9)26-27-49)55-41(53)35-28-34(43(35,3)4)40(52)54-29-31-14-12-11-13-15-31/h11-15,32-39,51H,16-30,50H2,1-10H3/t32-,33-,34+,35-,36+,37-,38+,39-,46+,47-,48-,49+/m1/s1. The van der Waals surface area contributed by atoms with Crippen molar-refractivity contribution in [2.24, 2.45) is 79.6 Å². The zero-order valence-corrected chi connectivity index (χ0v) is 36.3. The van der Waals surface area contributed by atoms with Crippen molar-refractivity contribution in [3.63, 3.8) is 0 Å². The second-order valence-corrected chi connectivity index (χ2v) is 23.5. The van der Waals surface area contributed by atoms with E-state index in [4.69, 9.17) is 15.2 Å². The van der Waals surface area contributed by atoms with Gasteiger partial charge in [-0.3, -0.25) is 9.59 Å². The molecule has 0 unspecified atom stereocenters. The minimum absolute atomic E-state index is 0.0964. The Morgan fingerprint density at radius 2 is 1.42 bits per heavy atom. The Hall–Kier alpha value is -1.92. The molecule has 6 nitrogen and oxygen atoms in total. The smallest absolute Gasteiger partial charge is 0.309 e. The van der Waals surface area contributed by atoms with Crippen molar-refractivity contribution in [2.75, 3.05) is 6.54 Å². The number of carbonyl (C=O) groups excluding carboxylic acids is 2. The van der Waals surface area contributed by atoms with E-state index in [0.717, 1.165) is 42.7 Å². The zero-order valence-electron chi connectivity index (χ0n) is 36.3. The number of rotatable bonds is 9. The molecule has 0 saturated heterocycles. The molecular formula is C49H76N2O4. The van der Waals surface area contributed by atoms with Crippen LogP contribution in [0.25, 0.3) is 0 Å². The molecule has 0 heterocycles. The van der Waals surface area contributed by atoms with Crippen molar-refractivity contribution >= 4 is 11.9 Å². The normalized spacial score (nSPS) is 44.8. The Bertz CT molecular complexity index is 1640. The van der Waals surface area contributed by atoms with Crippen LogP contribution >= 0.6 is 0 Å². The average molecular weight is 757 g/mol. The van der Waals surface area contributed by atoms with E-state index >= 15 is 0 Å². The van der Waals surface area contributed by atoms with Crippen LogP contribution in [0.1, 0.15) is 158 Å². The highest BCUT2D eigenvalue weighted by Gasteiger charge is 2.72. The summed E-state index contributed by atoms with van der Waals surface area (Å²) >= 11 is 0. The van der Waals surface area contributed by atoms with E-state index in [0.29, 0.717) is 34.5 Å². The van der Waals surface area contributed by atoms with Crippen molar-refractivity contribution < 1.29 is 19.1 Å². The molecule has 306 valence electrons. The van der Waals surface area contributed by atoms with Gasteiger partial charge in [0.25, 0.3) is 0 Å². The summed E-state index contributed by atoms with van der Waals surface area (Å²) < 4.78 is 12.3. The number of fused-ring (bicyclic) bond motifs is 7. The van der Waals surface area contributed by atoms with Crippen molar-refractivity contribution in [1.82, 2.24) is 5.32 Å². The third-order valence-electron chi connectivity index (χ3n) is 19.5. The van der Waals surface area contributed by atoms with Crippen molar-refractivity contribution in [3.8, 4) is 0 Å². The summed E-state index contributed by atoms with van der Waals surface area (Å²) in [5.74, 6) is 2.65. The Balaban J connectivity index is 0.966. The number of nitrogens with two attached hydrogens (primary N) is 1. The van der Waals surface area contributed by atoms with E-state index in [9.17, 15) is 9.59 Å². The molecule has 0 bridgehead atoms. The average Bonchev–Trinajstić information content (AvgIpc) is 3.73. The second-order valence-electron chi connectivity index (χ2n) is 23.5. The van der Waals surface area contributed by atoms with Crippen LogP contribution in [0, 0.1) is 73.9 Å². The molecule has 7 saturated carbocycles. The van der Waals surface area contributed by atoms with Crippen LogP contribution in [0.15, 0.2) is 30.3 Å². The summed E-state index contributed by atoms with van der Waals surface area (Å²) in [6, 6.07) is 9.81. The summed E-state index contributed by atoms with van der Waals surface area (Å²) in [6.45, 7) is 25.2. The second kappa shape index (κ2) is 13.0. The van der Waals surface area contributed by atoms with Gasteiger partial charge in [0.05, 0.1) is 11.8 Å². The lowest BCUT2D eigenvalue weighted by Gasteiger charge is -2.73. The molecular weight excluding hydrogens is 681 g/mol. The van der Waals surface area contributed by atoms with Gasteiger partial charge in [-0.25, -0.2) is 0 Å². The first-order valence-corrected chi connectivity index (χ1v) is 22.6. The van der Waals surface area contributed by atoms with Gasteiger partial charge < -0.3 is 20.5 Å². The Labute approximate surface area is 334 Å². The monoisotopic (exact) mass is 757 g/mol.